The lowest BCUT2D eigenvalue weighted by Gasteiger charge is -2.13. The van der Waals surface area contributed by atoms with Crippen LogP contribution in [0.15, 0.2) is 58.4 Å². The fraction of sp³-hybridized carbons (Fsp3) is 0.200. The quantitative estimate of drug-likeness (QED) is 0.649. The summed E-state index contributed by atoms with van der Waals surface area (Å²) in [6.07, 6.45) is 2.75. The average Bonchev–Trinajstić information content (AvgIpc) is 2.93. The van der Waals surface area contributed by atoms with Crippen LogP contribution < -0.4 is 4.74 Å². The number of amidine groups is 1. The van der Waals surface area contributed by atoms with Gasteiger partial charge in [-0.3, -0.25) is 9.69 Å². The lowest BCUT2D eigenvalue weighted by Crippen LogP contribution is -2.29. The summed E-state index contributed by atoms with van der Waals surface area (Å²) in [5.74, 6) is 0.774. The van der Waals surface area contributed by atoms with Crippen LogP contribution in [0.5, 0.6) is 5.75 Å². The van der Waals surface area contributed by atoms with Gasteiger partial charge in [0.2, 0.25) is 0 Å². The summed E-state index contributed by atoms with van der Waals surface area (Å²) >= 11 is 7.32. The summed E-state index contributed by atoms with van der Waals surface area (Å²) in [6.45, 7) is 2.68. The molecule has 0 N–H and O–H groups in total. The van der Waals surface area contributed by atoms with Crippen LogP contribution in [0.1, 0.15) is 18.9 Å². The lowest BCUT2D eigenvalue weighted by molar-refractivity contribution is -0.122. The summed E-state index contributed by atoms with van der Waals surface area (Å²) in [6, 6.07) is 14.9. The van der Waals surface area contributed by atoms with Gasteiger partial charge in [-0.25, -0.2) is 4.99 Å². The Hall–Kier alpha value is -2.24. The zero-order chi connectivity index (χ0) is 18.5. The maximum absolute atomic E-state index is 12.8. The lowest BCUT2D eigenvalue weighted by atomic mass is 10.2. The number of benzene rings is 2. The van der Waals surface area contributed by atoms with Crippen LogP contribution in [-0.4, -0.2) is 29.6 Å². The second-order valence-corrected chi connectivity index (χ2v) is 7.16. The highest BCUT2D eigenvalue weighted by Gasteiger charge is 2.32. The van der Waals surface area contributed by atoms with Gasteiger partial charge in [-0.2, -0.15) is 0 Å². The molecule has 26 heavy (non-hydrogen) atoms. The number of methoxy groups -OCH3 is 1. The highest BCUT2D eigenvalue weighted by molar-refractivity contribution is 8.18. The first-order valence-corrected chi connectivity index (χ1v) is 9.50. The van der Waals surface area contributed by atoms with E-state index in [2.05, 4.69) is 4.99 Å². The number of carbonyl (C=O) groups excluding carboxylic acids is 1. The topological polar surface area (TPSA) is 41.9 Å². The van der Waals surface area contributed by atoms with E-state index in [0.29, 0.717) is 21.6 Å². The molecule has 0 radical (unpaired) electrons. The monoisotopic (exact) mass is 386 g/mol. The maximum Gasteiger partial charge on any atom is 0.266 e. The van der Waals surface area contributed by atoms with Crippen molar-refractivity contribution in [3.05, 3.63) is 64.0 Å². The molecule has 1 fully saturated rings. The molecule has 1 aliphatic rings. The number of thioether (sulfide) groups is 1. The molecule has 134 valence electrons. The van der Waals surface area contributed by atoms with Gasteiger partial charge in [0.25, 0.3) is 5.91 Å². The van der Waals surface area contributed by atoms with Crippen molar-refractivity contribution in [2.45, 2.75) is 13.3 Å². The van der Waals surface area contributed by atoms with Gasteiger partial charge in [0.15, 0.2) is 5.17 Å². The summed E-state index contributed by atoms with van der Waals surface area (Å²) in [4.78, 5) is 19.8. The molecule has 3 rings (SSSR count). The van der Waals surface area contributed by atoms with Crippen LogP contribution in [0.4, 0.5) is 5.69 Å². The van der Waals surface area contributed by atoms with Crippen molar-refractivity contribution < 1.29 is 9.53 Å². The zero-order valence-corrected chi connectivity index (χ0v) is 16.2. The molecular formula is C20H19ClN2O2S. The molecule has 0 unspecified atom stereocenters. The minimum atomic E-state index is -0.0135. The predicted octanol–water partition coefficient (Wildman–Crippen LogP) is 5.36. The zero-order valence-electron chi connectivity index (χ0n) is 14.6. The van der Waals surface area contributed by atoms with E-state index in [9.17, 15) is 4.79 Å². The summed E-state index contributed by atoms with van der Waals surface area (Å²) in [5.41, 5.74) is 1.72. The van der Waals surface area contributed by atoms with Crippen molar-refractivity contribution in [3.63, 3.8) is 0 Å². The van der Waals surface area contributed by atoms with E-state index < -0.39 is 0 Å². The van der Waals surface area contributed by atoms with Gasteiger partial charge in [0.1, 0.15) is 5.75 Å². The molecule has 2 aromatic rings. The van der Waals surface area contributed by atoms with Crippen molar-refractivity contribution in [2.24, 2.45) is 4.99 Å². The Morgan fingerprint density at radius 2 is 1.85 bits per heavy atom. The van der Waals surface area contributed by atoms with Gasteiger partial charge in [0, 0.05) is 11.6 Å². The fourth-order valence-corrected chi connectivity index (χ4v) is 3.64. The third-order valence-electron chi connectivity index (χ3n) is 3.80. The van der Waals surface area contributed by atoms with Crippen molar-refractivity contribution in [1.29, 1.82) is 0 Å². The van der Waals surface area contributed by atoms with Crippen LogP contribution >= 0.6 is 23.4 Å². The van der Waals surface area contributed by atoms with Crippen LogP contribution in [0, 0.1) is 0 Å². The van der Waals surface area contributed by atoms with E-state index >= 15 is 0 Å². The van der Waals surface area contributed by atoms with Crippen LogP contribution in [0.25, 0.3) is 6.08 Å². The predicted molar refractivity (Wildman–Crippen MR) is 109 cm³/mol. The first-order chi connectivity index (χ1) is 12.6. The molecule has 1 saturated heterocycles. The van der Waals surface area contributed by atoms with Gasteiger partial charge in [0.05, 0.1) is 17.7 Å². The van der Waals surface area contributed by atoms with Gasteiger partial charge in [-0.05, 0) is 66.2 Å². The number of aliphatic imine (C=N–C) groups is 1. The first kappa shape index (κ1) is 18.5. The van der Waals surface area contributed by atoms with E-state index in [1.54, 1.807) is 24.1 Å². The minimum absolute atomic E-state index is 0.0135. The van der Waals surface area contributed by atoms with Gasteiger partial charge < -0.3 is 4.74 Å². The van der Waals surface area contributed by atoms with E-state index in [1.165, 1.54) is 11.8 Å². The smallest absolute Gasteiger partial charge is 0.266 e. The van der Waals surface area contributed by atoms with Gasteiger partial charge >= 0.3 is 0 Å². The summed E-state index contributed by atoms with van der Waals surface area (Å²) in [7, 11) is 1.63. The molecule has 0 bridgehead atoms. The van der Waals surface area contributed by atoms with Crippen molar-refractivity contribution >= 4 is 46.2 Å². The van der Waals surface area contributed by atoms with Crippen molar-refractivity contribution in [2.75, 3.05) is 13.7 Å². The standard InChI is InChI=1S/C20H19ClN2O2S/c1-3-12-23-19(24)18(13-14-4-10-17(25-2)11-5-14)26-20(23)22-16-8-6-15(21)7-9-16/h4-11,13H,3,12H2,1-2H3/b18-13-,22-20?. The number of carbonyl (C=O) groups is 1. The minimum Gasteiger partial charge on any atom is -0.497 e. The van der Waals surface area contributed by atoms with E-state index in [1.807, 2.05) is 49.4 Å². The largest absolute Gasteiger partial charge is 0.497 e. The molecule has 1 aliphatic heterocycles. The Balaban J connectivity index is 1.89. The first-order valence-electron chi connectivity index (χ1n) is 8.30. The Morgan fingerprint density at radius 1 is 1.15 bits per heavy atom. The number of halogens is 1. The third-order valence-corrected chi connectivity index (χ3v) is 5.06. The molecule has 4 nitrogen and oxygen atoms in total. The van der Waals surface area contributed by atoms with Crippen molar-refractivity contribution in [3.8, 4) is 5.75 Å². The molecule has 0 aliphatic carbocycles. The highest BCUT2D eigenvalue weighted by atomic mass is 35.5. The second-order valence-electron chi connectivity index (χ2n) is 5.71. The van der Waals surface area contributed by atoms with Gasteiger partial charge in [-0.1, -0.05) is 30.7 Å². The molecule has 6 heteroatoms. The Kier molecular flexibility index (Phi) is 6.01. The van der Waals surface area contributed by atoms with Crippen LogP contribution in [0.3, 0.4) is 0 Å². The number of hydrogen-bond acceptors (Lipinski definition) is 4. The van der Waals surface area contributed by atoms with Crippen LogP contribution in [0.2, 0.25) is 5.02 Å². The van der Waals surface area contributed by atoms with E-state index in [0.717, 1.165) is 23.4 Å². The molecule has 1 heterocycles. The number of amides is 1. The molecule has 0 atom stereocenters. The van der Waals surface area contributed by atoms with E-state index in [4.69, 9.17) is 16.3 Å². The molecule has 1 amide bonds. The molecule has 0 spiro atoms. The fourth-order valence-electron chi connectivity index (χ4n) is 2.49. The Labute approximate surface area is 162 Å². The molecule has 0 aromatic heterocycles. The third kappa shape index (κ3) is 4.29. The summed E-state index contributed by atoms with van der Waals surface area (Å²) in [5, 5.41) is 1.36. The highest BCUT2D eigenvalue weighted by Crippen LogP contribution is 2.34. The normalized spacial score (nSPS) is 17.3. The molecule has 0 saturated carbocycles. The average molecular weight is 387 g/mol. The summed E-state index contributed by atoms with van der Waals surface area (Å²) < 4.78 is 5.17. The molecular weight excluding hydrogens is 368 g/mol. The number of nitrogens with zero attached hydrogens (tertiary/aromatic N) is 2. The number of rotatable bonds is 5. The number of hydrogen-bond donors (Lipinski definition) is 0. The maximum atomic E-state index is 12.8. The number of ether oxygens (including phenoxy) is 1. The Morgan fingerprint density at radius 3 is 2.46 bits per heavy atom. The SMILES string of the molecule is CCCN1C(=O)/C(=C/c2ccc(OC)cc2)SC1=Nc1ccc(Cl)cc1. The Bertz CT molecular complexity index is 845. The van der Waals surface area contributed by atoms with Gasteiger partial charge in [-0.15, -0.1) is 0 Å². The second kappa shape index (κ2) is 8.43. The molecule has 2 aromatic carbocycles. The van der Waals surface area contributed by atoms with Crippen molar-refractivity contribution in [1.82, 2.24) is 4.90 Å². The van der Waals surface area contributed by atoms with Crippen LogP contribution in [-0.2, 0) is 4.79 Å². The van der Waals surface area contributed by atoms with E-state index in [-0.39, 0.29) is 5.91 Å².